The van der Waals surface area contributed by atoms with Gasteiger partial charge in [0.1, 0.15) is 12.7 Å². The lowest BCUT2D eigenvalue weighted by Crippen LogP contribution is -2.36. The van der Waals surface area contributed by atoms with Crippen LogP contribution in [0.25, 0.3) is 0 Å². The van der Waals surface area contributed by atoms with Crippen LogP contribution in [0.1, 0.15) is 32.4 Å². The Hall–Kier alpha value is -4.82. The first-order valence-corrected chi connectivity index (χ1v) is 17.1. The summed E-state index contributed by atoms with van der Waals surface area (Å²) in [5.41, 5.74) is 6.06. The maximum absolute atomic E-state index is 12.7. The number of fused-ring (bicyclic) bond motifs is 2. The summed E-state index contributed by atoms with van der Waals surface area (Å²) < 4.78 is 2.25. The number of hydrogen-bond donors (Lipinski definition) is 4. The number of aliphatic hydroxyl groups is 1. The molecule has 278 valence electrons. The Morgan fingerprint density at radius 3 is 2.02 bits per heavy atom. The van der Waals surface area contributed by atoms with Crippen molar-refractivity contribution in [1.29, 1.82) is 0 Å². The summed E-state index contributed by atoms with van der Waals surface area (Å²) in [5.74, 6) is 0.0505. The summed E-state index contributed by atoms with van der Waals surface area (Å²) in [6.07, 6.45) is 4.95. The molecule has 0 saturated carbocycles. The third-order valence-electron chi connectivity index (χ3n) is 8.33. The van der Waals surface area contributed by atoms with E-state index in [-0.39, 0.29) is 42.5 Å². The lowest BCUT2D eigenvalue weighted by Gasteiger charge is -2.21. The second-order valence-corrected chi connectivity index (χ2v) is 12.9. The average molecular weight is 753 g/mol. The molecule has 0 aliphatic carbocycles. The van der Waals surface area contributed by atoms with Crippen molar-refractivity contribution in [3.63, 3.8) is 0 Å². The highest BCUT2D eigenvalue weighted by Crippen LogP contribution is 2.33. The number of hydrogen-bond acceptors (Lipinski definition) is 14. The molecule has 2 aliphatic heterocycles. The summed E-state index contributed by atoms with van der Waals surface area (Å²) in [4.78, 5) is 63.4. The molecule has 6 rings (SSSR count). The van der Waals surface area contributed by atoms with E-state index in [1.807, 2.05) is 50.3 Å². The van der Waals surface area contributed by atoms with Gasteiger partial charge in [0.05, 0.1) is 19.7 Å². The van der Waals surface area contributed by atoms with Crippen molar-refractivity contribution in [1.82, 2.24) is 38.6 Å². The van der Waals surface area contributed by atoms with Crippen LogP contribution in [0.15, 0.2) is 49.1 Å². The van der Waals surface area contributed by atoms with E-state index in [2.05, 4.69) is 75.2 Å². The second kappa shape index (κ2) is 18.6. The van der Waals surface area contributed by atoms with E-state index in [9.17, 15) is 19.2 Å². The lowest BCUT2D eigenvalue weighted by molar-refractivity contribution is -0.119. The lowest BCUT2D eigenvalue weighted by atomic mass is 10.1. The summed E-state index contributed by atoms with van der Waals surface area (Å²) in [6.45, 7) is 2.49. The molecule has 2 aliphatic rings. The summed E-state index contributed by atoms with van der Waals surface area (Å²) in [5, 5.41) is 19.0. The number of carbonyl (C=O) groups is 4. The van der Waals surface area contributed by atoms with Gasteiger partial charge in [0, 0.05) is 63.5 Å². The zero-order valence-electron chi connectivity index (χ0n) is 29.7. The first kappa shape index (κ1) is 40.0. The van der Waals surface area contributed by atoms with Crippen LogP contribution in [0, 0.1) is 0 Å². The summed E-state index contributed by atoms with van der Waals surface area (Å²) >= 11 is 7.83. The number of carbonyl (C=O) groups excluding carboxylic acids is 4. The predicted molar refractivity (Wildman–Crippen MR) is 205 cm³/mol. The van der Waals surface area contributed by atoms with Gasteiger partial charge in [-0.2, -0.15) is 8.17 Å². The maximum atomic E-state index is 12.7. The van der Waals surface area contributed by atoms with Gasteiger partial charge in [-0.1, -0.05) is 12.1 Å². The van der Waals surface area contributed by atoms with Gasteiger partial charge in [-0.25, -0.2) is 9.97 Å². The van der Waals surface area contributed by atoms with Gasteiger partial charge in [0.25, 0.3) is 5.91 Å². The van der Waals surface area contributed by atoms with E-state index < -0.39 is 0 Å². The quantitative estimate of drug-likeness (QED) is 0.102. The topological polar surface area (TPSA) is 178 Å². The SMILES string of the molecule is CN(C(=O)CNCCO)c1ccc2c(c1)N(C(=O)c1ncnn1S)CC2.CN(C)CC(=O)N(C)c1ccc2c(c1)N(C)CC2.O=Cc1ncnn1S. The largest absolute Gasteiger partial charge is 0.395 e. The normalized spacial score (nSPS) is 12.7. The monoisotopic (exact) mass is 752 g/mol. The number of thiol groups is 2. The van der Waals surface area contributed by atoms with Crippen molar-refractivity contribution in [2.45, 2.75) is 12.8 Å². The van der Waals surface area contributed by atoms with Crippen molar-refractivity contribution in [2.75, 3.05) is 94.2 Å². The number of anilines is 4. The summed E-state index contributed by atoms with van der Waals surface area (Å²) in [7, 11) is 9.42. The highest BCUT2D eigenvalue weighted by Gasteiger charge is 2.29. The molecule has 0 fully saturated rings. The minimum absolute atomic E-state index is 0.0251. The molecule has 19 heteroatoms. The van der Waals surface area contributed by atoms with Crippen molar-refractivity contribution >= 4 is 72.4 Å². The zero-order valence-corrected chi connectivity index (χ0v) is 31.5. The molecular formula is C33H44N12O5S2. The number of rotatable bonds is 10. The molecule has 2 aromatic heterocycles. The van der Waals surface area contributed by atoms with Crippen molar-refractivity contribution in [2.24, 2.45) is 0 Å². The Kier molecular flexibility index (Phi) is 14.3. The van der Waals surface area contributed by atoms with Crippen LogP contribution in [-0.2, 0) is 22.4 Å². The highest BCUT2D eigenvalue weighted by molar-refractivity contribution is 7.78. The van der Waals surface area contributed by atoms with E-state index >= 15 is 0 Å². The molecular weight excluding hydrogens is 709 g/mol. The fourth-order valence-electron chi connectivity index (χ4n) is 5.40. The molecule has 52 heavy (non-hydrogen) atoms. The number of nitrogens with one attached hydrogen (secondary N) is 1. The molecule has 2 aromatic carbocycles. The first-order valence-electron chi connectivity index (χ1n) is 16.3. The first-order chi connectivity index (χ1) is 24.9. The van der Waals surface area contributed by atoms with E-state index in [0.29, 0.717) is 31.6 Å². The molecule has 3 amide bonds. The molecule has 4 heterocycles. The molecule has 0 saturated heterocycles. The van der Waals surface area contributed by atoms with Crippen LogP contribution in [-0.4, -0.2) is 137 Å². The molecule has 0 unspecified atom stereocenters. The highest BCUT2D eigenvalue weighted by atomic mass is 32.1. The van der Waals surface area contributed by atoms with Crippen molar-refractivity contribution in [3.8, 4) is 0 Å². The number of aromatic nitrogens is 6. The second-order valence-electron chi connectivity index (χ2n) is 12.1. The molecule has 0 atom stereocenters. The van der Waals surface area contributed by atoms with Crippen LogP contribution in [0.2, 0.25) is 0 Å². The smallest absolute Gasteiger partial charge is 0.296 e. The van der Waals surface area contributed by atoms with E-state index in [4.69, 9.17) is 5.11 Å². The van der Waals surface area contributed by atoms with Crippen molar-refractivity contribution < 1.29 is 24.3 Å². The van der Waals surface area contributed by atoms with Crippen LogP contribution < -0.4 is 24.9 Å². The fraction of sp³-hybridized carbons (Fsp3) is 0.394. The van der Waals surface area contributed by atoms with Gasteiger partial charge in [0.2, 0.25) is 23.5 Å². The van der Waals surface area contributed by atoms with E-state index in [0.717, 1.165) is 44.5 Å². The molecule has 2 N–H and O–H groups in total. The molecule has 17 nitrogen and oxygen atoms in total. The maximum Gasteiger partial charge on any atom is 0.296 e. The molecule has 0 spiro atoms. The van der Waals surface area contributed by atoms with Crippen molar-refractivity contribution in [3.05, 3.63) is 71.8 Å². The number of aldehydes is 1. The van der Waals surface area contributed by atoms with Gasteiger partial charge in [-0.05, 0) is 88.0 Å². The van der Waals surface area contributed by atoms with E-state index in [1.165, 1.54) is 28.8 Å². The zero-order chi connectivity index (χ0) is 37.9. The Morgan fingerprint density at radius 2 is 1.46 bits per heavy atom. The number of aliphatic hydroxyl groups excluding tert-OH is 1. The van der Waals surface area contributed by atoms with Crippen LogP contribution >= 0.6 is 25.6 Å². The van der Waals surface area contributed by atoms with E-state index in [1.54, 1.807) is 16.8 Å². The number of benzene rings is 2. The summed E-state index contributed by atoms with van der Waals surface area (Å²) in [6, 6.07) is 11.9. The minimum Gasteiger partial charge on any atom is -0.395 e. The standard InChI is InChI=1S/C16H20N6O3S.C14H21N3O.C3H3N3OS/c1-20(14(24)9-17-5-7-23)12-3-2-11-4-6-21(13(11)8-12)16(25)15-18-10-19-22(15)26;1-15(2)10-14(18)17(4)12-6-5-11-7-8-16(3)13(11)9-12;7-1-3-4-2-5-6(3)8/h2-3,8,10,17,23,26H,4-7,9H2,1H3;5-6,9H,7-8,10H2,1-4H3;1-2,8H. The van der Waals surface area contributed by atoms with Crippen LogP contribution in [0.3, 0.4) is 0 Å². The molecule has 0 bridgehead atoms. The minimum atomic E-state index is -0.285. The van der Waals surface area contributed by atoms with Gasteiger partial charge in [-0.3, -0.25) is 19.2 Å². The Balaban J connectivity index is 0.000000200. The van der Waals surface area contributed by atoms with Gasteiger partial charge < -0.3 is 34.9 Å². The van der Waals surface area contributed by atoms with Gasteiger partial charge >= 0.3 is 0 Å². The molecule has 4 aromatic rings. The van der Waals surface area contributed by atoms with Crippen LogP contribution in [0.4, 0.5) is 22.7 Å². The fourth-order valence-corrected chi connectivity index (χ4v) is 5.73. The third kappa shape index (κ3) is 9.94. The molecule has 0 radical (unpaired) electrons. The Bertz CT molecular complexity index is 1870. The van der Waals surface area contributed by atoms with Crippen LogP contribution in [0.5, 0.6) is 0 Å². The predicted octanol–water partition coefficient (Wildman–Crippen LogP) is 0.705. The Morgan fingerprint density at radius 1 is 0.865 bits per heavy atom. The number of nitrogens with zero attached hydrogens (tertiary/aromatic N) is 11. The van der Waals surface area contributed by atoms with Gasteiger partial charge in [0.15, 0.2) is 6.29 Å². The number of amides is 3. The Labute approximate surface area is 313 Å². The third-order valence-corrected chi connectivity index (χ3v) is 8.93. The number of likely N-dealkylation sites (N-methyl/N-ethyl adjacent to an activating group) is 4. The average Bonchev–Trinajstić information content (AvgIpc) is 3.94. The van der Waals surface area contributed by atoms with Gasteiger partial charge in [-0.15, -0.1) is 10.2 Å².